The number of aliphatic hydroxyl groups is 1. The number of ether oxygens (including phenoxy) is 2. The molecule has 52 valence electrons. The molecule has 1 atom stereocenters. The predicted molar refractivity (Wildman–Crippen MR) is 31.4 cm³/mol. The minimum Gasteiger partial charge on any atom is -0.456 e. The van der Waals surface area contributed by atoms with Crippen LogP contribution in [0.1, 0.15) is 13.8 Å². The summed E-state index contributed by atoms with van der Waals surface area (Å²) in [5.41, 5.74) is 0. The van der Waals surface area contributed by atoms with Crippen LogP contribution in [-0.4, -0.2) is 18.0 Å². The number of aliphatic hydroxyl groups excluding tert-OH is 1. The largest absolute Gasteiger partial charge is 0.456 e. The summed E-state index contributed by atoms with van der Waals surface area (Å²) in [6.45, 7) is 3.48. The van der Waals surface area contributed by atoms with Crippen molar-refractivity contribution in [1.82, 2.24) is 0 Å². The van der Waals surface area contributed by atoms with Gasteiger partial charge < -0.3 is 14.6 Å². The topological polar surface area (TPSA) is 38.7 Å². The molecule has 0 aromatic carbocycles. The summed E-state index contributed by atoms with van der Waals surface area (Å²) in [6.07, 6.45) is -0.229. The van der Waals surface area contributed by atoms with Crippen molar-refractivity contribution in [3.63, 3.8) is 0 Å². The quantitative estimate of drug-likeness (QED) is 0.565. The van der Waals surface area contributed by atoms with Gasteiger partial charge in [0.2, 0.25) is 6.29 Å². The molecule has 0 saturated carbocycles. The van der Waals surface area contributed by atoms with Gasteiger partial charge in [-0.25, -0.2) is 0 Å². The Morgan fingerprint density at radius 2 is 2.22 bits per heavy atom. The van der Waals surface area contributed by atoms with Crippen LogP contribution in [0, 0.1) is 0 Å². The van der Waals surface area contributed by atoms with Gasteiger partial charge in [0.05, 0.1) is 0 Å². The molecule has 0 radical (unpaired) electrons. The first-order chi connectivity index (χ1) is 4.24. The lowest BCUT2D eigenvalue weighted by atomic mass is 10.4. The number of hydrogen-bond donors (Lipinski definition) is 1. The Balaban J connectivity index is 2.58. The van der Waals surface area contributed by atoms with Crippen molar-refractivity contribution < 1.29 is 14.6 Å². The normalized spacial score (nSPS) is 25.9. The minimum atomic E-state index is -0.229. The van der Waals surface area contributed by atoms with Gasteiger partial charge in [0, 0.05) is 6.92 Å². The smallest absolute Gasteiger partial charge is 0.237 e. The monoisotopic (exact) mass is 130 g/mol. The van der Waals surface area contributed by atoms with Gasteiger partial charge in [0.1, 0.15) is 12.4 Å². The van der Waals surface area contributed by atoms with Crippen LogP contribution >= 0.6 is 0 Å². The molecule has 1 rings (SSSR count). The molecule has 0 amide bonds. The van der Waals surface area contributed by atoms with Gasteiger partial charge in [0.25, 0.3) is 0 Å². The highest BCUT2D eigenvalue weighted by atomic mass is 16.7. The van der Waals surface area contributed by atoms with Gasteiger partial charge in [-0.05, 0) is 6.92 Å². The summed E-state index contributed by atoms with van der Waals surface area (Å²) < 4.78 is 10.1. The summed E-state index contributed by atoms with van der Waals surface area (Å²) in [5, 5.41) is 8.59. The van der Waals surface area contributed by atoms with E-state index in [0.29, 0.717) is 11.5 Å². The van der Waals surface area contributed by atoms with E-state index < -0.39 is 0 Å². The highest BCUT2D eigenvalue weighted by Gasteiger charge is 2.18. The van der Waals surface area contributed by atoms with Crippen LogP contribution in [-0.2, 0) is 9.47 Å². The van der Waals surface area contributed by atoms with Crippen LogP contribution in [0.25, 0.3) is 0 Å². The average Bonchev–Trinajstić information content (AvgIpc) is 2.10. The molecule has 0 fully saturated rings. The summed E-state index contributed by atoms with van der Waals surface area (Å²) in [7, 11) is 0. The van der Waals surface area contributed by atoms with Crippen LogP contribution in [0.3, 0.4) is 0 Å². The van der Waals surface area contributed by atoms with Gasteiger partial charge in [-0.15, -0.1) is 0 Å². The SMILES string of the molecule is CC1=C(CO)OC(C)O1. The fourth-order valence-electron chi connectivity index (χ4n) is 0.771. The molecule has 0 spiro atoms. The van der Waals surface area contributed by atoms with Crippen LogP contribution in [0.4, 0.5) is 0 Å². The van der Waals surface area contributed by atoms with E-state index in [1.807, 2.05) is 0 Å². The Morgan fingerprint density at radius 1 is 1.56 bits per heavy atom. The standard InChI is InChI=1S/C6H10O3/c1-4-6(3-7)9-5(2)8-4/h5,7H,3H2,1-2H3. The lowest BCUT2D eigenvalue weighted by Crippen LogP contribution is -2.02. The molecule has 1 N–H and O–H groups in total. The van der Waals surface area contributed by atoms with E-state index in [1.54, 1.807) is 13.8 Å². The Hall–Kier alpha value is -0.700. The van der Waals surface area contributed by atoms with Gasteiger partial charge in [-0.2, -0.15) is 0 Å². The molecule has 9 heavy (non-hydrogen) atoms. The minimum absolute atomic E-state index is 0.0732. The molecule has 0 aliphatic carbocycles. The summed E-state index contributed by atoms with van der Waals surface area (Å²) in [5.74, 6) is 1.23. The molecule has 0 saturated heterocycles. The molecule has 1 heterocycles. The van der Waals surface area contributed by atoms with E-state index in [2.05, 4.69) is 0 Å². The number of hydrogen-bond acceptors (Lipinski definition) is 3. The molecular formula is C6H10O3. The zero-order valence-electron chi connectivity index (χ0n) is 5.55. The molecule has 1 aliphatic rings. The molecule has 0 bridgehead atoms. The van der Waals surface area contributed by atoms with Gasteiger partial charge in [0.15, 0.2) is 5.76 Å². The second-order valence-corrected chi connectivity index (χ2v) is 1.94. The lowest BCUT2D eigenvalue weighted by Gasteiger charge is -2.02. The molecule has 0 aromatic heterocycles. The van der Waals surface area contributed by atoms with E-state index in [0.717, 1.165) is 0 Å². The maximum Gasteiger partial charge on any atom is 0.237 e. The maximum atomic E-state index is 8.59. The van der Waals surface area contributed by atoms with E-state index in [-0.39, 0.29) is 12.9 Å². The number of allylic oxidation sites excluding steroid dienone is 1. The van der Waals surface area contributed by atoms with Crippen molar-refractivity contribution in [2.24, 2.45) is 0 Å². The van der Waals surface area contributed by atoms with E-state index in [4.69, 9.17) is 14.6 Å². The fourth-order valence-corrected chi connectivity index (χ4v) is 0.771. The molecular weight excluding hydrogens is 120 g/mol. The third-order valence-corrected chi connectivity index (χ3v) is 1.19. The van der Waals surface area contributed by atoms with Crippen molar-refractivity contribution in [2.75, 3.05) is 6.61 Å². The van der Waals surface area contributed by atoms with Crippen molar-refractivity contribution in [2.45, 2.75) is 20.1 Å². The first-order valence-corrected chi connectivity index (χ1v) is 2.88. The molecule has 1 aliphatic heterocycles. The van der Waals surface area contributed by atoms with Crippen LogP contribution < -0.4 is 0 Å². The molecule has 3 heteroatoms. The summed E-state index contributed by atoms with van der Waals surface area (Å²) in [6, 6.07) is 0. The molecule has 3 nitrogen and oxygen atoms in total. The average molecular weight is 130 g/mol. The van der Waals surface area contributed by atoms with Crippen LogP contribution in [0.5, 0.6) is 0 Å². The van der Waals surface area contributed by atoms with Gasteiger partial charge >= 0.3 is 0 Å². The second-order valence-electron chi connectivity index (χ2n) is 1.94. The van der Waals surface area contributed by atoms with Gasteiger partial charge in [-0.1, -0.05) is 0 Å². The van der Waals surface area contributed by atoms with Crippen molar-refractivity contribution in [3.8, 4) is 0 Å². The van der Waals surface area contributed by atoms with Crippen molar-refractivity contribution >= 4 is 0 Å². The predicted octanol–water partition coefficient (Wildman–Crippen LogP) is 0.603. The number of rotatable bonds is 1. The lowest BCUT2D eigenvalue weighted by molar-refractivity contribution is -0.0277. The summed E-state index contributed by atoms with van der Waals surface area (Å²) >= 11 is 0. The fraction of sp³-hybridized carbons (Fsp3) is 0.667. The Bertz CT molecular complexity index is 139. The van der Waals surface area contributed by atoms with Crippen molar-refractivity contribution in [3.05, 3.63) is 11.5 Å². The second kappa shape index (κ2) is 2.27. The van der Waals surface area contributed by atoms with Gasteiger partial charge in [-0.3, -0.25) is 0 Å². The first-order valence-electron chi connectivity index (χ1n) is 2.88. The van der Waals surface area contributed by atoms with Crippen molar-refractivity contribution in [1.29, 1.82) is 0 Å². The Kier molecular flexibility index (Phi) is 1.62. The first kappa shape index (κ1) is 6.42. The maximum absolute atomic E-state index is 8.59. The Morgan fingerprint density at radius 3 is 2.44 bits per heavy atom. The summed E-state index contributed by atoms with van der Waals surface area (Å²) in [4.78, 5) is 0. The van der Waals surface area contributed by atoms with E-state index in [1.165, 1.54) is 0 Å². The van der Waals surface area contributed by atoms with Crippen LogP contribution in [0.2, 0.25) is 0 Å². The van der Waals surface area contributed by atoms with E-state index in [9.17, 15) is 0 Å². The highest BCUT2D eigenvalue weighted by Crippen LogP contribution is 2.19. The molecule has 1 unspecified atom stereocenters. The zero-order valence-corrected chi connectivity index (χ0v) is 5.55. The van der Waals surface area contributed by atoms with Crippen LogP contribution in [0.15, 0.2) is 11.5 Å². The zero-order chi connectivity index (χ0) is 6.85. The third-order valence-electron chi connectivity index (χ3n) is 1.19. The van der Waals surface area contributed by atoms with E-state index >= 15 is 0 Å². The highest BCUT2D eigenvalue weighted by molar-refractivity contribution is 5.02. The third kappa shape index (κ3) is 1.16. The Labute approximate surface area is 53.9 Å². The molecule has 0 aromatic rings.